The first-order valence-electron chi connectivity index (χ1n) is 12.1. The second kappa shape index (κ2) is 10.8. The summed E-state index contributed by atoms with van der Waals surface area (Å²) >= 11 is 0. The minimum absolute atomic E-state index is 0.0754. The Kier molecular flexibility index (Phi) is 7.60. The average Bonchev–Trinajstić information content (AvgIpc) is 3.69. The minimum atomic E-state index is -0.513. The van der Waals surface area contributed by atoms with Crippen molar-refractivity contribution in [3.8, 4) is 11.3 Å². The van der Waals surface area contributed by atoms with E-state index in [1.165, 1.54) is 24.5 Å². The number of carbonyl (C=O) groups is 1. The summed E-state index contributed by atoms with van der Waals surface area (Å²) in [6, 6.07) is 8.50. The van der Waals surface area contributed by atoms with Crippen molar-refractivity contribution in [2.24, 2.45) is 0 Å². The minimum Gasteiger partial charge on any atom is -0.312 e. The maximum atomic E-state index is 14.6. The molecule has 3 aromatic rings. The number of rotatable bonds is 11. The van der Waals surface area contributed by atoms with E-state index in [9.17, 15) is 14.0 Å². The topological polar surface area (TPSA) is 101 Å². The molecule has 0 radical (unpaired) electrons. The zero-order chi connectivity index (χ0) is 24.9. The number of nitrogens with one attached hydrogen (secondary N) is 2. The fourth-order valence-corrected chi connectivity index (χ4v) is 4.07. The Morgan fingerprint density at radius 1 is 1.20 bits per heavy atom. The fraction of sp³-hybridized carbons (Fsp3) is 0.370. The lowest BCUT2D eigenvalue weighted by Gasteiger charge is -2.17. The summed E-state index contributed by atoms with van der Waals surface area (Å²) in [5, 5.41) is 11.6. The molecule has 2 N–H and O–H groups in total. The van der Waals surface area contributed by atoms with Gasteiger partial charge in [-0.2, -0.15) is 0 Å². The molecular formula is C27H30FN5O2. The van der Waals surface area contributed by atoms with Gasteiger partial charge in [0, 0.05) is 47.7 Å². The normalized spacial score (nSPS) is 13.3. The predicted octanol–water partition coefficient (Wildman–Crippen LogP) is 4.70. The van der Waals surface area contributed by atoms with Gasteiger partial charge in [-0.3, -0.25) is 14.6 Å². The standard InChI is InChI=1S/C27H30FN5O2/c1-3-20(4-2)33-16-18(6-10-27(33)35)24-14-30-15-25(32-24)26(34)12-23(29)21-9-5-17(11-22(21)28)13-31-19-7-8-19/h5-6,9-11,14-16,19-20,29,31H,3-4,7-8,12-13H2,1-2H3. The summed E-state index contributed by atoms with van der Waals surface area (Å²) in [4.78, 5) is 33.8. The van der Waals surface area contributed by atoms with Crippen molar-refractivity contribution in [1.29, 1.82) is 5.41 Å². The Morgan fingerprint density at radius 3 is 2.66 bits per heavy atom. The Hall–Kier alpha value is -3.52. The molecular weight excluding hydrogens is 445 g/mol. The van der Waals surface area contributed by atoms with E-state index in [-0.39, 0.29) is 35.0 Å². The molecule has 35 heavy (non-hydrogen) atoms. The van der Waals surface area contributed by atoms with E-state index in [0.29, 0.717) is 23.8 Å². The van der Waals surface area contributed by atoms with E-state index in [0.717, 1.165) is 31.2 Å². The highest BCUT2D eigenvalue weighted by Crippen LogP contribution is 2.21. The SMILES string of the molecule is CCC(CC)n1cc(-c2cncc(C(=O)CC(=N)c3ccc(CNC4CC4)cc3F)n2)ccc1=O. The first kappa shape index (κ1) is 24.6. The zero-order valence-electron chi connectivity index (χ0n) is 20.1. The number of halogens is 1. The number of hydrogen-bond acceptors (Lipinski definition) is 6. The third-order valence-corrected chi connectivity index (χ3v) is 6.36. The van der Waals surface area contributed by atoms with Crippen molar-refractivity contribution >= 4 is 11.5 Å². The van der Waals surface area contributed by atoms with Crippen molar-refractivity contribution < 1.29 is 9.18 Å². The van der Waals surface area contributed by atoms with Crippen molar-refractivity contribution in [1.82, 2.24) is 19.9 Å². The highest BCUT2D eigenvalue weighted by Gasteiger charge is 2.21. The van der Waals surface area contributed by atoms with Crippen molar-refractivity contribution in [2.45, 2.75) is 64.6 Å². The number of pyridine rings is 1. The molecule has 1 fully saturated rings. The summed E-state index contributed by atoms with van der Waals surface area (Å²) in [5.41, 5.74) is 1.95. The summed E-state index contributed by atoms with van der Waals surface area (Å²) in [5.74, 6) is -0.932. The van der Waals surface area contributed by atoms with Crippen LogP contribution >= 0.6 is 0 Å². The van der Waals surface area contributed by atoms with Gasteiger partial charge in [0.2, 0.25) is 0 Å². The van der Waals surface area contributed by atoms with Crippen LogP contribution in [-0.2, 0) is 6.54 Å². The maximum Gasteiger partial charge on any atom is 0.250 e. The van der Waals surface area contributed by atoms with Gasteiger partial charge in [-0.15, -0.1) is 0 Å². The lowest BCUT2D eigenvalue weighted by molar-refractivity contribution is 0.0995. The van der Waals surface area contributed by atoms with Crippen LogP contribution in [0, 0.1) is 11.2 Å². The molecule has 0 bridgehead atoms. The molecule has 0 spiro atoms. The lowest BCUT2D eigenvalue weighted by Crippen LogP contribution is -2.23. The number of Topliss-reactive ketones (excluding diaryl/α,β-unsaturated/α-hetero) is 1. The number of carbonyl (C=O) groups excluding carboxylic acids is 1. The molecule has 0 aliphatic heterocycles. The van der Waals surface area contributed by atoms with E-state index in [1.54, 1.807) is 29.0 Å². The van der Waals surface area contributed by atoms with E-state index in [2.05, 4.69) is 15.3 Å². The molecule has 8 heteroatoms. The Morgan fingerprint density at radius 2 is 1.97 bits per heavy atom. The smallest absolute Gasteiger partial charge is 0.250 e. The summed E-state index contributed by atoms with van der Waals surface area (Å²) in [6.07, 6.45) is 8.28. The molecule has 2 aromatic heterocycles. The van der Waals surface area contributed by atoms with Gasteiger partial charge in [0.15, 0.2) is 5.78 Å². The van der Waals surface area contributed by atoms with Crippen LogP contribution in [0.4, 0.5) is 4.39 Å². The number of nitrogens with zero attached hydrogens (tertiary/aromatic N) is 3. The fourth-order valence-electron chi connectivity index (χ4n) is 4.07. The third kappa shape index (κ3) is 5.95. The van der Waals surface area contributed by atoms with Gasteiger partial charge in [-0.05, 0) is 49.4 Å². The number of hydrogen-bond donors (Lipinski definition) is 2. The highest BCUT2D eigenvalue weighted by molar-refractivity contribution is 6.14. The molecule has 0 atom stereocenters. The van der Waals surface area contributed by atoms with Crippen LogP contribution < -0.4 is 10.9 Å². The van der Waals surface area contributed by atoms with Crippen LogP contribution in [0.15, 0.2) is 53.7 Å². The molecule has 1 aromatic carbocycles. The molecule has 1 aliphatic rings. The summed E-state index contributed by atoms with van der Waals surface area (Å²) in [7, 11) is 0. The quantitative estimate of drug-likeness (QED) is 0.309. The van der Waals surface area contributed by atoms with Gasteiger partial charge in [0.25, 0.3) is 5.56 Å². The van der Waals surface area contributed by atoms with Gasteiger partial charge < -0.3 is 15.3 Å². The van der Waals surface area contributed by atoms with Crippen LogP contribution in [0.5, 0.6) is 0 Å². The second-order valence-corrected chi connectivity index (χ2v) is 8.97. The van der Waals surface area contributed by atoms with Crippen LogP contribution in [0.1, 0.15) is 73.6 Å². The summed E-state index contributed by atoms with van der Waals surface area (Å²) in [6.45, 7) is 4.65. The highest BCUT2D eigenvalue weighted by atomic mass is 19.1. The van der Waals surface area contributed by atoms with Gasteiger partial charge in [-0.1, -0.05) is 19.9 Å². The van der Waals surface area contributed by atoms with Crippen LogP contribution in [-0.4, -0.2) is 32.1 Å². The number of aromatic nitrogens is 3. The molecule has 7 nitrogen and oxygen atoms in total. The predicted molar refractivity (Wildman–Crippen MR) is 133 cm³/mol. The van der Waals surface area contributed by atoms with Gasteiger partial charge >= 0.3 is 0 Å². The molecule has 182 valence electrons. The number of benzene rings is 1. The van der Waals surface area contributed by atoms with Crippen LogP contribution in [0.2, 0.25) is 0 Å². The van der Waals surface area contributed by atoms with Gasteiger partial charge in [0.05, 0.1) is 24.5 Å². The van der Waals surface area contributed by atoms with E-state index in [1.807, 2.05) is 13.8 Å². The van der Waals surface area contributed by atoms with Crippen molar-refractivity contribution in [2.75, 3.05) is 0 Å². The van der Waals surface area contributed by atoms with Crippen molar-refractivity contribution in [3.63, 3.8) is 0 Å². The third-order valence-electron chi connectivity index (χ3n) is 6.36. The first-order chi connectivity index (χ1) is 16.9. The lowest BCUT2D eigenvalue weighted by atomic mass is 10.0. The molecule has 4 rings (SSSR count). The number of ketones is 1. The average molecular weight is 476 g/mol. The van der Waals surface area contributed by atoms with Crippen molar-refractivity contribution in [3.05, 3.63) is 81.9 Å². The molecule has 0 amide bonds. The second-order valence-electron chi connectivity index (χ2n) is 8.97. The molecule has 2 heterocycles. The Labute approximate surface area is 204 Å². The van der Waals surface area contributed by atoms with Gasteiger partial charge in [0.1, 0.15) is 11.5 Å². The molecule has 0 unspecified atom stereocenters. The van der Waals surface area contributed by atoms with Crippen LogP contribution in [0.25, 0.3) is 11.3 Å². The molecule has 0 saturated heterocycles. The van der Waals surface area contributed by atoms with Crippen LogP contribution in [0.3, 0.4) is 0 Å². The molecule has 1 aliphatic carbocycles. The van der Waals surface area contributed by atoms with E-state index < -0.39 is 11.6 Å². The first-order valence-corrected chi connectivity index (χ1v) is 12.1. The largest absolute Gasteiger partial charge is 0.312 e. The van der Waals surface area contributed by atoms with E-state index in [4.69, 9.17) is 5.41 Å². The Balaban J connectivity index is 1.49. The van der Waals surface area contributed by atoms with Gasteiger partial charge in [-0.25, -0.2) is 9.37 Å². The molecule has 1 saturated carbocycles. The zero-order valence-corrected chi connectivity index (χ0v) is 20.1. The Bertz CT molecular complexity index is 1290. The monoisotopic (exact) mass is 475 g/mol. The maximum absolute atomic E-state index is 14.6. The summed E-state index contributed by atoms with van der Waals surface area (Å²) < 4.78 is 16.3. The van der Waals surface area contributed by atoms with E-state index >= 15 is 0 Å².